The van der Waals surface area contributed by atoms with Gasteiger partial charge in [0.25, 0.3) is 0 Å². The fourth-order valence-electron chi connectivity index (χ4n) is 2.93. The highest BCUT2D eigenvalue weighted by Gasteiger charge is 2.30. The largest absolute Gasteiger partial charge is 0.341 e. The predicted octanol–water partition coefficient (Wildman–Crippen LogP) is 2.81. The van der Waals surface area contributed by atoms with E-state index in [4.69, 9.17) is 0 Å². The first-order valence-corrected chi connectivity index (χ1v) is 7.74. The van der Waals surface area contributed by atoms with Crippen molar-refractivity contribution in [2.24, 2.45) is 11.8 Å². The van der Waals surface area contributed by atoms with Gasteiger partial charge in [-0.1, -0.05) is 6.58 Å². The van der Waals surface area contributed by atoms with Crippen molar-refractivity contribution in [3.63, 3.8) is 0 Å². The maximum absolute atomic E-state index is 12.2. The van der Waals surface area contributed by atoms with Gasteiger partial charge in [0.1, 0.15) is 5.78 Å². The van der Waals surface area contributed by atoms with Crippen LogP contribution in [0.5, 0.6) is 0 Å². The molecular weight excluding hydrogens is 266 g/mol. The van der Waals surface area contributed by atoms with E-state index in [1.807, 2.05) is 0 Å². The van der Waals surface area contributed by atoms with Gasteiger partial charge in [-0.05, 0) is 64.9 Å². The molecule has 1 rings (SSSR count). The van der Waals surface area contributed by atoms with Crippen LogP contribution in [0.15, 0.2) is 12.7 Å². The second-order valence-corrected chi connectivity index (χ2v) is 6.61. The maximum atomic E-state index is 12.2. The Morgan fingerprint density at radius 3 is 2.24 bits per heavy atom. The van der Waals surface area contributed by atoms with Crippen LogP contribution in [0.1, 0.15) is 59.3 Å². The van der Waals surface area contributed by atoms with Crippen LogP contribution in [0.3, 0.4) is 0 Å². The van der Waals surface area contributed by atoms with Crippen LogP contribution in [0, 0.1) is 11.8 Å². The standard InChI is InChI=1S/C17H27NO3/c1-5-16(21)18-17(3,4)15(20)11-8-13-6-9-14(10-7-13)12(2)19/h5,13-14H,1,6-11H2,2-4H3,(H,18,21). The fourth-order valence-corrected chi connectivity index (χ4v) is 2.93. The number of carbonyl (C=O) groups excluding carboxylic acids is 3. The zero-order chi connectivity index (χ0) is 16.0. The Hall–Kier alpha value is -1.45. The molecule has 0 aromatic heterocycles. The Balaban J connectivity index is 2.38. The number of amides is 1. The smallest absolute Gasteiger partial charge is 0.244 e. The predicted molar refractivity (Wildman–Crippen MR) is 82.8 cm³/mol. The molecule has 1 fully saturated rings. The van der Waals surface area contributed by atoms with E-state index in [0.29, 0.717) is 12.3 Å². The molecule has 0 atom stereocenters. The van der Waals surface area contributed by atoms with Gasteiger partial charge in [-0.15, -0.1) is 0 Å². The van der Waals surface area contributed by atoms with Gasteiger partial charge < -0.3 is 5.32 Å². The van der Waals surface area contributed by atoms with Crippen LogP contribution in [0.4, 0.5) is 0 Å². The van der Waals surface area contributed by atoms with Crippen molar-refractivity contribution in [2.75, 3.05) is 0 Å². The van der Waals surface area contributed by atoms with E-state index in [-0.39, 0.29) is 23.4 Å². The molecule has 4 heteroatoms. The number of carbonyl (C=O) groups is 3. The molecule has 0 radical (unpaired) electrons. The first-order chi connectivity index (χ1) is 9.76. The topological polar surface area (TPSA) is 63.2 Å². The number of hydrogen-bond donors (Lipinski definition) is 1. The van der Waals surface area contributed by atoms with Crippen molar-refractivity contribution in [2.45, 2.75) is 64.8 Å². The molecule has 0 aromatic carbocycles. The van der Waals surface area contributed by atoms with E-state index < -0.39 is 5.54 Å². The molecule has 0 aliphatic heterocycles. The number of ketones is 2. The third-order valence-corrected chi connectivity index (χ3v) is 4.52. The fraction of sp³-hybridized carbons (Fsp3) is 0.706. The summed E-state index contributed by atoms with van der Waals surface area (Å²) in [6.45, 7) is 8.51. The molecule has 0 heterocycles. The first kappa shape index (κ1) is 17.6. The molecule has 0 unspecified atom stereocenters. The molecule has 0 bridgehead atoms. The number of hydrogen-bond acceptors (Lipinski definition) is 3. The van der Waals surface area contributed by atoms with E-state index in [1.54, 1.807) is 20.8 Å². The Bertz CT molecular complexity index is 418. The Morgan fingerprint density at radius 1 is 1.19 bits per heavy atom. The highest BCUT2D eigenvalue weighted by atomic mass is 16.2. The van der Waals surface area contributed by atoms with Gasteiger partial charge in [-0.2, -0.15) is 0 Å². The van der Waals surface area contributed by atoms with Crippen molar-refractivity contribution in [1.82, 2.24) is 5.32 Å². The van der Waals surface area contributed by atoms with E-state index in [1.165, 1.54) is 6.08 Å². The van der Waals surface area contributed by atoms with Crippen molar-refractivity contribution in [3.05, 3.63) is 12.7 Å². The molecule has 0 saturated heterocycles. The van der Waals surface area contributed by atoms with Gasteiger partial charge in [0, 0.05) is 12.3 Å². The highest BCUT2D eigenvalue weighted by Crippen LogP contribution is 2.32. The molecular formula is C17H27NO3. The summed E-state index contributed by atoms with van der Waals surface area (Å²) >= 11 is 0. The Labute approximate surface area is 127 Å². The maximum Gasteiger partial charge on any atom is 0.244 e. The molecule has 1 saturated carbocycles. The lowest BCUT2D eigenvalue weighted by Crippen LogP contribution is -2.49. The van der Waals surface area contributed by atoms with Crippen molar-refractivity contribution >= 4 is 17.5 Å². The van der Waals surface area contributed by atoms with Gasteiger partial charge in [0.2, 0.25) is 5.91 Å². The molecule has 0 aromatic rings. The lowest BCUT2D eigenvalue weighted by molar-refractivity contribution is -0.129. The summed E-state index contributed by atoms with van der Waals surface area (Å²) in [4.78, 5) is 34.9. The van der Waals surface area contributed by atoms with Crippen molar-refractivity contribution in [3.8, 4) is 0 Å². The average Bonchev–Trinajstić information content (AvgIpc) is 2.44. The number of nitrogens with one attached hydrogen (secondary N) is 1. The summed E-state index contributed by atoms with van der Waals surface area (Å²) in [6, 6.07) is 0. The van der Waals surface area contributed by atoms with Gasteiger partial charge in [-0.25, -0.2) is 0 Å². The number of rotatable bonds is 7. The summed E-state index contributed by atoms with van der Waals surface area (Å²) < 4.78 is 0. The van der Waals surface area contributed by atoms with Crippen LogP contribution >= 0.6 is 0 Å². The number of Topliss-reactive ketones (excluding diaryl/α,β-unsaturated/α-hetero) is 2. The second kappa shape index (κ2) is 7.53. The summed E-state index contributed by atoms with van der Waals surface area (Å²) in [6.07, 6.45) is 6.44. The van der Waals surface area contributed by atoms with E-state index in [0.717, 1.165) is 32.1 Å². The second-order valence-electron chi connectivity index (χ2n) is 6.61. The zero-order valence-corrected chi connectivity index (χ0v) is 13.4. The van der Waals surface area contributed by atoms with E-state index in [2.05, 4.69) is 11.9 Å². The summed E-state index contributed by atoms with van der Waals surface area (Å²) in [5, 5.41) is 2.66. The summed E-state index contributed by atoms with van der Waals surface area (Å²) in [7, 11) is 0. The van der Waals surface area contributed by atoms with Gasteiger partial charge in [0.15, 0.2) is 5.78 Å². The van der Waals surface area contributed by atoms with Crippen LogP contribution in [-0.4, -0.2) is 23.0 Å². The van der Waals surface area contributed by atoms with Gasteiger partial charge >= 0.3 is 0 Å². The first-order valence-electron chi connectivity index (χ1n) is 7.74. The van der Waals surface area contributed by atoms with E-state index >= 15 is 0 Å². The third-order valence-electron chi connectivity index (χ3n) is 4.52. The minimum atomic E-state index is -0.845. The molecule has 1 aliphatic rings. The average molecular weight is 293 g/mol. The van der Waals surface area contributed by atoms with Crippen LogP contribution in [0.25, 0.3) is 0 Å². The van der Waals surface area contributed by atoms with Crippen LogP contribution in [0.2, 0.25) is 0 Å². The molecule has 1 N–H and O–H groups in total. The molecule has 0 spiro atoms. The Kier molecular flexibility index (Phi) is 6.31. The monoisotopic (exact) mass is 293 g/mol. The zero-order valence-electron chi connectivity index (χ0n) is 13.4. The molecule has 118 valence electrons. The minimum absolute atomic E-state index is 0.0476. The molecule has 4 nitrogen and oxygen atoms in total. The van der Waals surface area contributed by atoms with Crippen molar-refractivity contribution in [1.29, 1.82) is 0 Å². The molecule has 1 amide bonds. The quantitative estimate of drug-likeness (QED) is 0.734. The van der Waals surface area contributed by atoms with Crippen LogP contribution in [-0.2, 0) is 14.4 Å². The van der Waals surface area contributed by atoms with Gasteiger partial charge in [0.05, 0.1) is 5.54 Å². The van der Waals surface area contributed by atoms with Crippen LogP contribution < -0.4 is 5.32 Å². The summed E-state index contributed by atoms with van der Waals surface area (Å²) in [5.74, 6) is 0.759. The Morgan fingerprint density at radius 2 is 1.76 bits per heavy atom. The highest BCUT2D eigenvalue weighted by molar-refractivity contribution is 5.95. The molecule has 21 heavy (non-hydrogen) atoms. The summed E-state index contributed by atoms with van der Waals surface area (Å²) in [5.41, 5.74) is -0.845. The van der Waals surface area contributed by atoms with Gasteiger partial charge in [-0.3, -0.25) is 14.4 Å². The lowest BCUT2D eigenvalue weighted by atomic mass is 9.78. The molecule has 1 aliphatic carbocycles. The van der Waals surface area contributed by atoms with Crippen molar-refractivity contribution < 1.29 is 14.4 Å². The lowest BCUT2D eigenvalue weighted by Gasteiger charge is -2.28. The van der Waals surface area contributed by atoms with E-state index in [9.17, 15) is 14.4 Å². The minimum Gasteiger partial charge on any atom is -0.341 e. The third kappa shape index (κ3) is 5.44. The normalized spacial score (nSPS) is 22.4. The SMILES string of the molecule is C=CC(=O)NC(C)(C)C(=O)CCC1CCC(C(C)=O)CC1.